The minimum absolute atomic E-state index is 0.639. The molecule has 1 rings (SSSR count). The first-order valence-corrected chi connectivity index (χ1v) is 7.38. The molecular weight excluding hydrogens is 224 g/mol. The summed E-state index contributed by atoms with van der Waals surface area (Å²) in [5.74, 6) is 1.01. The lowest BCUT2D eigenvalue weighted by atomic mass is 10.1. The van der Waals surface area contributed by atoms with Crippen LogP contribution in [0.3, 0.4) is 0 Å². The molecule has 0 saturated heterocycles. The van der Waals surface area contributed by atoms with Gasteiger partial charge < -0.3 is 9.30 Å². The first kappa shape index (κ1) is 15.2. The van der Waals surface area contributed by atoms with Crippen molar-refractivity contribution in [2.75, 3.05) is 6.61 Å². The van der Waals surface area contributed by atoms with Gasteiger partial charge in [0.2, 0.25) is 0 Å². The highest BCUT2D eigenvalue weighted by atomic mass is 16.5. The van der Waals surface area contributed by atoms with Crippen LogP contribution in [-0.2, 0) is 18.4 Å². The van der Waals surface area contributed by atoms with Crippen LogP contribution in [0.25, 0.3) is 0 Å². The molecule has 0 spiro atoms. The molecule has 0 atom stereocenters. The Morgan fingerprint density at radius 1 is 1.06 bits per heavy atom. The van der Waals surface area contributed by atoms with Gasteiger partial charge in [-0.25, -0.2) is 4.98 Å². The maximum Gasteiger partial charge on any atom is 0.134 e. The van der Waals surface area contributed by atoms with Crippen molar-refractivity contribution in [3.05, 3.63) is 18.2 Å². The number of hydrogen-bond acceptors (Lipinski definition) is 2. The number of imidazole rings is 1. The molecule has 18 heavy (non-hydrogen) atoms. The van der Waals surface area contributed by atoms with E-state index in [2.05, 4.69) is 11.9 Å². The molecule has 0 aliphatic rings. The second-order valence-electron chi connectivity index (χ2n) is 4.98. The Hall–Kier alpha value is -0.830. The van der Waals surface area contributed by atoms with Gasteiger partial charge in [0.25, 0.3) is 0 Å². The van der Waals surface area contributed by atoms with Gasteiger partial charge in [0, 0.05) is 26.0 Å². The molecule has 0 saturated carbocycles. The quantitative estimate of drug-likeness (QED) is 0.555. The third kappa shape index (κ3) is 6.80. The number of aromatic nitrogens is 2. The lowest BCUT2D eigenvalue weighted by Crippen LogP contribution is -2.02. The van der Waals surface area contributed by atoms with Gasteiger partial charge >= 0.3 is 0 Å². The Labute approximate surface area is 112 Å². The lowest BCUT2D eigenvalue weighted by Gasteiger charge is -2.04. The zero-order valence-corrected chi connectivity index (χ0v) is 12.0. The highest BCUT2D eigenvalue weighted by Gasteiger charge is 1.98. The summed E-state index contributed by atoms with van der Waals surface area (Å²) < 4.78 is 7.63. The highest BCUT2D eigenvalue weighted by Crippen LogP contribution is 2.08. The maximum atomic E-state index is 5.62. The third-order valence-electron chi connectivity index (χ3n) is 3.29. The Balaban J connectivity index is 1.83. The molecule has 0 fully saturated rings. The van der Waals surface area contributed by atoms with Gasteiger partial charge in [-0.05, 0) is 6.42 Å². The number of rotatable bonds is 11. The Bertz CT molecular complexity index is 296. The normalized spacial score (nSPS) is 11.0. The molecule has 3 heteroatoms. The predicted molar refractivity (Wildman–Crippen MR) is 75.5 cm³/mol. The van der Waals surface area contributed by atoms with Crippen LogP contribution in [0, 0.1) is 0 Å². The molecule has 0 bridgehead atoms. The van der Waals surface area contributed by atoms with Crippen LogP contribution in [0.5, 0.6) is 0 Å². The molecule has 0 amide bonds. The van der Waals surface area contributed by atoms with Crippen LogP contribution in [0.1, 0.15) is 64.1 Å². The Kier molecular flexibility index (Phi) is 8.57. The molecule has 1 aromatic rings. The molecule has 0 aliphatic heterocycles. The minimum atomic E-state index is 0.639. The number of ether oxygens (including phenoxy) is 1. The van der Waals surface area contributed by atoms with E-state index in [1.807, 2.05) is 24.0 Å². The van der Waals surface area contributed by atoms with E-state index in [0.29, 0.717) is 6.61 Å². The molecule has 0 radical (unpaired) electrons. The fraction of sp³-hybridized carbons (Fsp3) is 0.800. The van der Waals surface area contributed by atoms with E-state index in [4.69, 9.17) is 4.74 Å². The van der Waals surface area contributed by atoms with Gasteiger partial charge in [-0.1, -0.05) is 51.9 Å². The molecule has 104 valence electrons. The summed E-state index contributed by atoms with van der Waals surface area (Å²) in [7, 11) is 2.00. The summed E-state index contributed by atoms with van der Waals surface area (Å²) >= 11 is 0. The van der Waals surface area contributed by atoms with Gasteiger partial charge in [0.15, 0.2) is 0 Å². The number of hydrogen-bond donors (Lipinski definition) is 0. The summed E-state index contributed by atoms with van der Waals surface area (Å²) in [5, 5.41) is 0. The van der Waals surface area contributed by atoms with E-state index >= 15 is 0 Å². The van der Waals surface area contributed by atoms with Gasteiger partial charge in [0.05, 0.1) is 0 Å². The van der Waals surface area contributed by atoms with Crippen molar-refractivity contribution in [3.63, 3.8) is 0 Å². The molecule has 0 unspecified atom stereocenters. The van der Waals surface area contributed by atoms with Gasteiger partial charge in [-0.2, -0.15) is 0 Å². The predicted octanol–water partition coefficient (Wildman–Crippen LogP) is 4.08. The fourth-order valence-electron chi connectivity index (χ4n) is 2.04. The molecule has 0 N–H and O–H groups in total. The highest BCUT2D eigenvalue weighted by molar-refractivity contribution is 4.88. The van der Waals surface area contributed by atoms with E-state index in [1.165, 1.54) is 51.4 Å². The zero-order valence-electron chi connectivity index (χ0n) is 12.0. The lowest BCUT2D eigenvalue weighted by molar-refractivity contribution is 0.109. The molecule has 0 aromatic carbocycles. The van der Waals surface area contributed by atoms with Crippen LogP contribution in [0.2, 0.25) is 0 Å². The van der Waals surface area contributed by atoms with E-state index in [0.717, 1.165) is 12.4 Å². The number of nitrogens with zero attached hydrogens (tertiary/aromatic N) is 2. The Morgan fingerprint density at radius 2 is 1.72 bits per heavy atom. The summed E-state index contributed by atoms with van der Waals surface area (Å²) in [6, 6.07) is 0. The average Bonchev–Trinajstić information content (AvgIpc) is 2.77. The van der Waals surface area contributed by atoms with Crippen LogP contribution in [0.4, 0.5) is 0 Å². The van der Waals surface area contributed by atoms with Gasteiger partial charge in [0.1, 0.15) is 12.4 Å². The van der Waals surface area contributed by atoms with Gasteiger partial charge in [-0.3, -0.25) is 0 Å². The molecular formula is C15H28N2O. The van der Waals surface area contributed by atoms with Crippen molar-refractivity contribution in [3.8, 4) is 0 Å². The van der Waals surface area contributed by atoms with Crippen molar-refractivity contribution in [2.24, 2.45) is 7.05 Å². The van der Waals surface area contributed by atoms with Crippen molar-refractivity contribution in [1.29, 1.82) is 0 Å². The Morgan fingerprint density at radius 3 is 2.33 bits per heavy atom. The second kappa shape index (κ2) is 10.1. The molecule has 0 aliphatic carbocycles. The first-order chi connectivity index (χ1) is 8.84. The van der Waals surface area contributed by atoms with Crippen molar-refractivity contribution >= 4 is 0 Å². The first-order valence-electron chi connectivity index (χ1n) is 7.38. The summed E-state index contributed by atoms with van der Waals surface area (Å²) in [6.07, 6.45) is 14.5. The second-order valence-corrected chi connectivity index (χ2v) is 4.98. The molecule has 1 heterocycles. The smallest absolute Gasteiger partial charge is 0.134 e. The largest absolute Gasteiger partial charge is 0.374 e. The minimum Gasteiger partial charge on any atom is -0.374 e. The van der Waals surface area contributed by atoms with Crippen molar-refractivity contribution < 1.29 is 4.74 Å². The van der Waals surface area contributed by atoms with E-state index in [1.54, 1.807) is 0 Å². The van der Waals surface area contributed by atoms with E-state index in [-0.39, 0.29) is 0 Å². The van der Waals surface area contributed by atoms with Crippen LogP contribution in [0.15, 0.2) is 12.4 Å². The van der Waals surface area contributed by atoms with Crippen LogP contribution in [-0.4, -0.2) is 16.2 Å². The summed E-state index contributed by atoms with van der Waals surface area (Å²) in [5.41, 5.74) is 0. The number of unbranched alkanes of at least 4 members (excludes halogenated alkanes) is 7. The monoisotopic (exact) mass is 252 g/mol. The van der Waals surface area contributed by atoms with E-state index in [9.17, 15) is 0 Å². The van der Waals surface area contributed by atoms with Crippen LogP contribution >= 0.6 is 0 Å². The topological polar surface area (TPSA) is 27.1 Å². The van der Waals surface area contributed by atoms with Crippen LogP contribution < -0.4 is 0 Å². The standard InChI is InChI=1S/C15H28N2O/c1-3-4-5-6-7-8-9-10-13-18-14-15-16-11-12-17(15)2/h11-12H,3-10,13-14H2,1-2H3. The fourth-order valence-corrected chi connectivity index (χ4v) is 2.04. The SMILES string of the molecule is CCCCCCCCCCOCc1nccn1C. The van der Waals surface area contributed by atoms with E-state index < -0.39 is 0 Å². The number of aryl methyl sites for hydroxylation is 1. The van der Waals surface area contributed by atoms with Crippen molar-refractivity contribution in [1.82, 2.24) is 9.55 Å². The third-order valence-corrected chi connectivity index (χ3v) is 3.29. The summed E-state index contributed by atoms with van der Waals surface area (Å²) in [6.45, 7) is 3.76. The van der Waals surface area contributed by atoms with Gasteiger partial charge in [-0.15, -0.1) is 0 Å². The summed E-state index contributed by atoms with van der Waals surface area (Å²) in [4.78, 5) is 4.23. The zero-order chi connectivity index (χ0) is 13.1. The molecule has 3 nitrogen and oxygen atoms in total. The molecule has 1 aromatic heterocycles. The maximum absolute atomic E-state index is 5.62. The van der Waals surface area contributed by atoms with Crippen molar-refractivity contribution in [2.45, 2.75) is 64.9 Å². The average molecular weight is 252 g/mol.